The zero-order chi connectivity index (χ0) is 13.8. The van der Waals surface area contributed by atoms with Gasteiger partial charge in [-0.2, -0.15) is 0 Å². The van der Waals surface area contributed by atoms with Crippen LogP contribution < -0.4 is 0 Å². The van der Waals surface area contributed by atoms with Crippen molar-refractivity contribution in [1.29, 1.82) is 0 Å². The first-order chi connectivity index (χ1) is 9.84. The summed E-state index contributed by atoms with van der Waals surface area (Å²) in [6, 6.07) is 3.90. The van der Waals surface area contributed by atoms with Gasteiger partial charge in [0.15, 0.2) is 0 Å². The van der Waals surface area contributed by atoms with Gasteiger partial charge in [0.05, 0.1) is 13.2 Å². The van der Waals surface area contributed by atoms with Gasteiger partial charge in [-0.25, -0.2) is 0 Å². The van der Waals surface area contributed by atoms with Crippen LogP contribution in [0.4, 0.5) is 0 Å². The summed E-state index contributed by atoms with van der Waals surface area (Å²) in [6.45, 7) is 3.31. The molecule has 1 aromatic heterocycles. The molecule has 3 rings (SSSR count). The summed E-state index contributed by atoms with van der Waals surface area (Å²) in [5.74, 6) is 0.377. The van der Waals surface area contributed by atoms with Crippen LogP contribution >= 0.6 is 0 Å². The Balaban J connectivity index is 1.64. The van der Waals surface area contributed by atoms with Crippen LogP contribution in [0.15, 0.2) is 24.5 Å². The second-order valence-corrected chi connectivity index (χ2v) is 5.32. The Morgan fingerprint density at radius 1 is 1.30 bits per heavy atom. The second kappa shape index (κ2) is 6.33. The van der Waals surface area contributed by atoms with E-state index in [1.165, 1.54) is 0 Å². The maximum Gasteiger partial charge on any atom is 0.226 e. The van der Waals surface area contributed by atoms with Crippen molar-refractivity contribution in [2.24, 2.45) is 5.92 Å². The van der Waals surface area contributed by atoms with E-state index < -0.39 is 0 Å². The average Bonchev–Trinajstić information content (AvgIpc) is 2.56. The maximum absolute atomic E-state index is 12.5. The number of ether oxygens (including phenoxy) is 2. The molecule has 108 valence electrons. The van der Waals surface area contributed by atoms with Gasteiger partial charge in [0, 0.05) is 43.6 Å². The fraction of sp³-hybridized carbons (Fsp3) is 0.600. The van der Waals surface area contributed by atoms with Crippen molar-refractivity contribution >= 4 is 5.91 Å². The molecule has 0 bridgehead atoms. The fourth-order valence-electron chi connectivity index (χ4n) is 2.82. The molecule has 2 aliphatic rings. The van der Waals surface area contributed by atoms with Crippen LogP contribution in [-0.4, -0.2) is 48.7 Å². The van der Waals surface area contributed by atoms with Crippen LogP contribution in [0.3, 0.4) is 0 Å². The molecule has 3 heterocycles. The van der Waals surface area contributed by atoms with Crippen molar-refractivity contribution < 1.29 is 14.3 Å². The lowest BCUT2D eigenvalue weighted by Gasteiger charge is -2.36. The minimum Gasteiger partial charge on any atom is -0.381 e. The highest BCUT2D eigenvalue weighted by molar-refractivity contribution is 5.79. The van der Waals surface area contributed by atoms with Crippen molar-refractivity contribution in [3.63, 3.8) is 0 Å². The Labute approximate surface area is 118 Å². The summed E-state index contributed by atoms with van der Waals surface area (Å²) in [5, 5.41) is 0. The number of carbonyl (C=O) groups is 1. The first-order valence-corrected chi connectivity index (χ1v) is 7.22. The second-order valence-electron chi connectivity index (χ2n) is 5.32. The summed E-state index contributed by atoms with van der Waals surface area (Å²) >= 11 is 0. The largest absolute Gasteiger partial charge is 0.381 e. The highest BCUT2D eigenvalue weighted by Crippen LogP contribution is 2.24. The van der Waals surface area contributed by atoms with E-state index in [0.717, 1.165) is 18.4 Å². The number of pyridine rings is 1. The summed E-state index contributed by atoms with van der Waals surface area (Å²) in [6.07, 6.45) is 5.19. The van der Waals surface area contributed by atoms with Gasteiger partial charge in [0.2, 0.25) is 5.91 Å². The number of hydrogen-bond acceptors (Lipinski definition) is 4. The van der Waals surface area contributed by atoms with Crippen molar-refractivity contribution in [3.05, 3.63) is 30.1 Å². The van der Waals surface area contributed by atoms with Crippen LogP contribution in [0.2, 0.25) is 0 Å². The van der Waals surface area contributed by atoms with E-state index in [4.69, 9.17) is 9.47 Å². The molecule has 0 spiro atoms. The molecular weight excluding hydrogens is 256 g/mol. The molecule has 0 aromatic carbocycles. The minimum atomic E-state index is -0.0544. The van der Waals surface area contributed by atoms with E-state index in [1.807, 2.05) is 23.2 Å². The Morgan fingerprint density at radius 2 is 2.15 bits per heavy atom. The molecule has 20 heavy (non-hydrogen) atoms. The molecule has 1 amide bonds. The molecule has 0 saturated carbocycles. The average molecular weight is 276 g/mol. The predicted octanol–water partition coefficient (Wildman–Crippen LogP) is 1.41. The van der Waals surface area contributed by atoms with E-state index in [9.17, 15) is 4.79 Å². The summed E-state index contributed by atoms with van der Waals surface area (Å²) in [5.41, 5.74) is 1.04. The Bertz CT molecular complexity index is 446. The van der Waals surface area contributed by atoms with Gasteiger partial charge in [-0.15, -0.1) is 0 Å². The van der Waals surface area contributed by atoms with Crippen LogP contribution in [-0.2, 0) is 14.3 Å². The van der Waals surface area contributed by atoms with E-state index in [-0.39, 0.29) is 17.9 Å². The standard InChI is InChI=1S/C15H20N2O3/c18-15(12-3-7-19-8-4-12)17-6-9-20-14(11-17)13-2-1-5-16-10-13/h1-2,5,10,12,14H,3-4,6-9,11H2. The monoisotopic (exact) mass is 276 g/mol. The molecule has 0 aliphatic carbocycles. The van der Waals surface area contributed by atoms with Crippen molar-refractivity contribution in [2.75, 3.05) is 32.9 Å². The zero-order valence-electron chi connectivity index (χ0n) is 11.5. The van der Waals surface area contributed by atoms with E-state index in [1.54, 1.807) is 6.20 Å². The van der Waals surface area contributed by atoms with Gasteiger partial charge in [-0.1, -0.05) is 6.07 Å². The van der Waals surface area contributed by atoms with Gasteiger partial charge in [-0.3, -0.25) is 9.78 Å². The summed E-state index contributed by atoms with van der Waals surface area (Å²) in [4.78, 5) is 18.6. The normalized spacial score (nSPS) is 24.6. The first kappa shape index (κ1) is 13.5. The quantitative estimate of drug-likeness (QED) is 0.819. The smallest absolute Gasteiger partial charge is 0.226 e. The first-order valence-electron chi connectivity index (χ1n) is 7.22. The third kappa shape index (κ3) is 2.99. The van der Waals surface area contributed by atoms with Gasteiger partial charge >= 0.3 is 0 Å². The zero-order valence-corrected chi connectivity index (χ0v) is 11.5. The fourth-order valence-corrected chi connectivity index (χ4v) is 2.82. The number of carbonyl (C=O) groups excluding carboxylic acids is 1. The summed E-state index contributed by atoms with van der Waals surface area (Å²) in [7, 11) is 0. The lowest BCUT2D eigenvalue weighted by atomic mass is 9.98. The molecule has 0 N–H and O–H groups in total. The van der Waals surface area contributed by atoms with Crippen LogP contribution in [0.25, 0.3) is 0 Å². The highest BCUT2D eigenvalue weighted by Gasteiger charge is 2.30. The molecule has 1 aromatic rings. The molecule has 5 heteroatoms. The molecule has 2 aliphatic heterocycles. The van der Waals surface area contributed by atoms with Gasteiger partial charge < -0.3 is 14.4 Å². The van der Waals surface area contributed by atoms with Crippen molar-refractivity contribution in [1.82, 2.24) is 9.88 Å². The SMILES string of the molecule is O=C(C1CCOCC1)N1CCOC(c2cccnc2)C1. The number of morpholine rings is 1. The molecule has 2 fully saturated rings. The van der Waals surface area contributed by atoms with E-state index in [0.29, 0.717) is 32.9 Å². The highest BCUT2D eigenvalue weighted by atomic mass is 16.5. The number of amides is 1. The third-order valence-electron chi connectivity index (χ3n) is 4.00. The Morgan fingerprint density at radius 3 is 2.90 bits per heavy atom. The van der Waals surface area contributed by atoms with Crippen molar-refractivity contribution in [3.8, 4) is 0 Å². The Hall–Kier alpha value is -1.46. The van der Waals surface area contributed by atoms with Gasteiger partial charge in [-0.05, 0) is 18.9 Å². The lowest BCUT2D eigenvalue weighted by molar-refractivity contribution is -0.146. The number of aromatic nitrogens is 1. The van der Waals surface area contributed by atoms with E-state index in [2.05, 4.69) is 4.98 Å². The van der Waals surface area contributed by atoms with Crippen LogP contribution in [0.1, 0.15) is 24.5 Å². The topological polar surface area (TPSA) is 51.7 Å². The molecular formula is C15H20N2O3. The molecule has 2 saturated heterocycles. The van der Waals surface area contributed by atoms with Gasteiger partial charge in [0.1, 0.15) is 6.10 Å². The number of rotatable bonds is 2. The Kier molecular flexibility index (Phi) is 4.28. The number of hydrogen-bond donors (Lipinski definition) is 0. The minimum absolute atomic E-state index is 0.0544. The molecule has 5 nitrogen and oxygen atoms in total. The van der Waals surface area contributed by atoms with Crippen LogP contribution in [0, 0.1) is 5.92 Å². The predicted molar refractivity (Wildman–Crippen MR) is 73.1 cm³/mol. The lowest BCUT2D eigenvalue weighted by Crippen LogP contribution is -2.46. The molecule has 0 radical (unpaired) electrons. The van der Waals surface area contributed by atoms with E-state index >= 15 is 0 Å². The van der Waals surface area contributed by atoms with Gasteiger partial charge in [0.25, 0.3) is 0 Å². The summed E-state index contributed by atoms with van der Waals surface area (Å²) < 4.78 is 11.1. The maximum atomic E-state index is 12.5. The van der Waals surface area contributed by atoms with Crippen LogP contribution in [0.5, 0.6) is 0 Å². The van der Waals surface area contributed by atoms with Crippen molar-refractivity contribution in [2.45, 2.75) is 18.9 Å². The molecule has 1 unspecified atom stereocenters. The number of nitrogens with zero attached hydrogens (tertiary/aromatic N) is 2. The molecule has 1 atom stereocenters. The third-order valence-corrected chi connectivity index (χ3v) is 4.00.